The van der Waals surface area contributed by atoms with Gasteiger partial charge in [-0.1, -0.05) is 23.8 Å². The Labute approximate surface area is 155 Å². The molecule has 1 amide bonds. The molecule has 2 aromatic rings. The van der Waals surface area contributed by atoms with Gasteiger partial charge >= 0.3 is 5.97 Å². The van der Waals surface area contributed by atoms with Gasteiger partial charge < -0.3 is 14.7 Å². The number of nitrogens with zero attached hydrogens (tertiary/aromatic N) is 1. The maximum atomic E-state index is 12.5. The maximum Gasteiger partial charge on any atom is 0.335 e. The number of hydrogen-bond donors (Lipinski definition) is 1. The van der Waals surface area contributed by atoms with Crippen molar-refractivity contribution in [2.24, 2.45) is 0 Å². The average molecular weight is 370 g/mol. The minimum absolute atomic E-state index is 0.116. The van der Waals surface area contributed by atoms with E-state index < -0.39 is 5.97 Å². The number of carbonyl (C=O) groups is 2. The largest absolute Gasteiger partial charge is 0.489 e. The van der Waals surface area contributed by atoms with Gasteiger partial charge in [0.2, 0.25) is 0 Å². The number of amides is 1. The van der Waals surface area contributed by atoms with Gasteiger partial charge in [0, 0.05) is 28.9 Å². The molecule has 26 heavy (non-hydrogen) atoms. The van der Waals surface area contributed by atoms with E-state index in [1.807, 2.05) is 12.2 Å². The summed E-state index contributed by atoms with van der Waals surface area (Å²) >= 11 is 5.85. The highest BCUT2D eigenvalue weighted by Gasteiger charge is 2.16. The van der Waals surface area contributed by atoms with Crippen LogP contribution in [0.2, 0.25) is 5.02 Å². The van der Waals surface area contributed by atoms with Crippen LogP contribution in [0.5, 0.6) is 5.75 Å². The van der Waals surface area contributed by atoms with Crippen LogP contribution in [0.25, 0.3) is 0 Å². The van der Waals surface area contributed by atoms with Crippen LogP contribution in [-0.4, -0.2) is 35.0 Å². The predicted octanol–water partition coefficient (Wildman–Crippen LogP) is 4.01. The van der Waals surface area contributed by atoms with Crippen LogP contribution in [0.4, 0.5) is 0 Å². The van der Waals surface area contributed by atoms with E-state index in [9.17, 15) is 9.59 Å². The fourth-order valence-electron chi connectivity index (χ4n) is 2.46. The molecule has 0 aliphatic carbocycles. The summed E-state index contributed by atoms with van der Waals surface area (Å²) in [7, 11) is 0. The number of hydrogen-bond acceptors (Lipinski definition) is 3. The zero-order valence-corrected chi connectivity index (χ0v) is 14.5. The summed E-state index contributed by atoms with van der Waals surface area (Å²) in [6.07, 6.45) is 5.54. The molecule has 3 rings (SSSR count). The van der Waals surface area contributed by atoms with Crippen LogP contribution in [0.15, 0.2) is 72.5 Å². The number of carboxylic acid groups (broad SMARTS) is 1. The molecule has 0 atom stereocenters. The molecule has 0 bridgehead atoms. The first-order valence-corrected chi connectivity index (χ1v) is 8.30. The van der Waals surface area contributed by atoms with E-state index in [1.54, 1.807) is 47.5 Å². The van der Waals surface area contributed by atoms with Crippen LogP contribution < -0.4 is 4.74 Å². The lowest BCUT2D eigenvalue weighted by Gasteiger charge is -2.21. The minimum Gasteiger partial charge on any atom is -0.489 e. The van der Waals surface area contributed by atoms with E-state index in [1.165, 1.54) is 12.1 Å². The van der Waals surface area contributed by atoms with Gasteiger partial charge in [-0.25, -0.2) is 4.79 Å². The van der Waals surface area contributed by atoms with Crippen molar-refractivity contribution in [3.63, 3.8) is 0 Å². The first kappa shape index (κ1) is 17.8. The third kappa shape index (κ3) is 4.32. The number of carbonyl (C=O) groups excluding carboxylic acids is 1. The quantitative estimate of drug-likeness (QED) is 0.864. The Kier molecular flexibility index (Phi) is 5.39. The molecular weight excluding hydrogens is 354 g/mol. The zero-order valence-electron chi connectivity index (χ0n) is 13.8. The summed E-state index contributed by atoms with van der Waals surface area (Å²) < 4.78 is 5.66. The number of carboxylic acids is 1. The van der Waals surface area contributed by atoms with E-state index in [0.717, 1.165) is 5.57 Å². The Balaban J connectivity index is 1.64. The van der Waals surface area contributed by atoms with Gasteiger partial charge in [0.1, 0.15) is 12.4 Å². The summed E-state index contributed by atoms with van der Waals surface area (Å²) in [5.41, 5.74) is 1.60. The first-order chi connectivity index (χ1) is 12.5. The first-order valence-electron chi connectivity index (χ1n) is 7.93. The normalized spacial score (nSPS) is 13.3. The molecule has 0 radical (unpaired) electrons. The Morgan fingerprint density at radius 1 is 1.04 bits per heavy atom. The van der Waals surface area contributed by atoms with E-state index in [2.05, 4.69) is 0 Å². The van der Waals surface area contributed by atoms with Crippen molar-refractivity contribution in [2.45, 2.75) is 0 Å². The predicted molar refractivity (Wildman–Crippen MR) is 98.6 cm³/mol. The Morgan fingerprint density at radius 3 is 2.35 bits per heavy atom. The fourth-order valence-corrected chi connectivity index (χ4v) is 2.59. The molecule has 0 saturated heterocycles. The van der Waals surface area contributed by atoms with Crippen LogP contribution in [0.1, 0.15) is 20.7 Å². The third-order valence-electron chi connectivity index (χ3n) is 3.81. The molecule has 132 valence electrons. The summed E-state index contributed by atoms with van der Waals surface area (Å²) in [5.74, 6) is -0.536. The van der Waals surface area contributed by atoms with Gasteiger partial charge in [0.15, 0.2) is 0 Å². The molecule has 1 aliphatic rings. The molecule has 0 aromatic heterocycles. The molecule has 5 nitrogen and oxygen atoms in total. The molecule has 1 N–H and O–H groups in total. The van der Waals surface area contributed by atoms with Gasteiger partial charge in [-0.2, -0.15) is 0 Å². The lowest BCUT2D eigenvalue weighted by atomic mass is 10.1. The Morgan fingerprint density at radius 2 is 1.69 bits per heavy atom. The molecule has 1 aliphatic heterocycles. The Hall–Kier alpha value is -3.05. The van der Waals surface area contributed by atoms with Crippen LogP contribution >= 0.6 is 11.6 Å². The molecule has 0 unspecified atom stereocenters. The molecule has 0 spiro atoms. The van der Waals surface area contributed by atoms with E-state index in [0.29, 0.717) is 22.9 Å². The van der Waals surface area contributed by atoms with E-state index in [-0.39, 0.29) is 18.1 Å². The van der Waals surface area contributed by atoms with E-state index >= 15 is 0 Å². The highest BCUT2D eigenvalue weighted by molar-refractivity contribution is 6.30. The molecule has 6 heteroatoms. The third-order valence-corrected chi connectivity index (χ3v) is 4.07. The molecule has 2 aromatic carbocycles. The van der Waals surface area contributed by atoms with Crippen molar-refractivity contribution in [2.75, 3.05) is 13.2 Å². The second-order valence-electron chi connectivity index (χ2n) is 5.69. The van der Waals surface area contributed by atoms with Crippen molar-refractivity contribution in [1.29, 1.82) is 0 Å². The van der Waals surface area contributed by atoms with Crippen molar-refractivity contribution >= 4 is 23.5 Å². The van der Waals surface area contributed by atoms with Crippen LogP contribution in [0.3, 0.4) is 0 Å². The number of benzene rings is 2. The van der Waals surface area contributed by atoms with Crippen LogP contribution in [-0.2, 0) is 0 Å². The number of aromatic carboxylic acids is 1. The van der Waals surface area contributed by atoms with Crippen molar-refractivity contribution in [1.82, 2.24) is 4.90 Å². The topological polar surface area (TPSA) is 66.8 Å². The minimum atomic E-state index is -0.981. The SMILES string of the molecule is O=C(O)c1ccc(OCC2=CN(C(=O)c3ccc(Cl)cc3)CC=C2)cc1. The summed E-state index contributed by atoms with van der Waals surface area (Å²) in [6.45, 7) is 0.756. The second-order valence-corrected chi connectivity index (χ2v) is 6.13. The summed E-state index contributed by atoms with van der Waals surface area (Å²) in [6, 6.07) is 12.9. The van der Waals surface area contributed by atoms with Gasteiger partial charge in [-0.3, -0.25) is 4.79 Å². The maximum absolute atomic E-state index is 12.5. The number of rotatable bonds is 5. The Bertz CT molecular complexity index is 870. The van der Waals surface area contributed by atoms with Gasteiger partial charge in [0.05, 0.1) is 5.56 Å². The van der Waals surface area contributed by atoms with Crippen molar-refractivity contribution in [3.8, 4) is 5.75 Å². The lowest BCUT2D eigenvalue weighted by Crippen LogP contribution is -2.28. The van der Waals surface area contributed by atoms with E-state index in [4.69, 9.17) is 21.4 Å². The lowest BCUT2D eigenvalue weighted by molar-refractivity contribution is 0.0696. The summed E-state index contributed by atoms with van der Waals surface area (Å²) in [5, 5.41) is 9.48. The standard InChI is InChI=1S/C20H16ClNO4/c21-17-7-3-15(4-8-17)19(23)22-11-1-2-14(12-22)13-26-18-9-5-16(6-10-18)20(24)25/h1-10,12H,11,13H2,(H,24,25). The molecule has 0 fully saturated rings. The highest BCUT2D eigenvalue weighted by Crippen LogP contribution is 2.17. The van der Waals surface area contributed by atoms with Gasteiger partial charge in [-0.05, 0) is 48.5 Å². The molecule has 1 heterocycles. The highest BCUT2D eigenvalue weighted by atomic mass is 35.5. The molecule has 0 saturated carbocycles. The van der Waals surface area contributed by atoms with Crippen molar-refractivity contribution < 1.29 is 19.4 Å². The zero-order chi connectivity index (χ0) is 18.5. The second kappa shape index (κ2) is 7.89. The van der Waals surface area contributed by atoms with Gasteiger partial charge in [0.25, 0.3) is 5.91 Å². The van der Waals surface area contributed by atoms with Crippen molar-refractivity contribution in [3.05, 3.63) is 88.6 Å². The monoisotopic (exact) mass is 369 g/mol. The number of halogens is 1. The average Bonchev–Trinajstić information content (AvgIpc) is 2.67. The number of ether oxygens (including phenoxy) is 1. The fraction of sp³-hybridized carbons (Fsp3) is 0.100. The van der Waals surface area contributed by atoms with Crippen LogP contribution in [0, 0.1) is 0 Å². The van der Waals surface area contributed by atoms with Gasteiger partial charge in [-0.15, -0.1) is 0 Å². The molecular formula is C20H16ClNO4. The summed E-state index contributed by atoms with van der Waals surface area (Å²) in [4.78, 5) is 25.0. The smallest absolute Gasteiger partial charge is 0.335 e.